The molecule has 1 N–H and O–H groups in total. The van der Waals surface area contributed by atoms with Crippen LogP contribution >= 0.6 is 23.5 Å². The Bertz CT molecular complexity index is 2200. The Balaban J connectivity index is -0.000000138. The Labute approximate surface area is 688 Å². The number of methoxy groups -OCH3 is 1. The van der Waals surface area contributed by atoms with Gasteiger partial charge in [-0.3, -0.25) is 33.6 Å². The van der Waals surface area contributed by atoms with E-state index in [1.165, 1.54) is 216 Å². The third-order valence-corrected chi connectivity index (χ3v) is 21.1. The highest BCUT2D eigenvalue weighted by Crippen LogP contribution is 2.39. The highest BCUT2D eigenvalue weighted by molar-refractivity contribution is 8.00. The predicted octanol–water partition coefficient (Wildman–Crippen LogP) is 28.2. The van der Waals surface area contributed by atoms with E-state index in [4.69, 9.17) is 33.2 Å². The predicted molar refractivity (Wildman–Crippen MR) is 480 cm³/mol. The molecule has 109 heavy (non-hydrogen) atoms. The van der Waals surface area contributed by atoms with Crippen LogP contribution in [0.3, 0.4) is 0 Å². The van der Waals surface area contributed by atoms with Gasteiger partial charge in [0.15, 0.2) is 6.61 Å². The molecule has 3 atom stereocenters. The molecule has 3 unspecified atom stereocenters. The summed E-state index contributed by atoms with van der Waals surface area (Å²) < 4.78 is 36.9. The van der Waals surface area contributed by atoms with E-state index in [0.717, 1.165) is 32.1 Å². The smallest absolute Gasteiger partial charge is 0.316 e. The quantitative estimate of drug-likeness (QED) is 0.0279. The monoisotopic (exact) mass is 1600 g/mol. The van der Waals surface area contributed by atoms with E-state index in [0.29, 0.717) is 43.3 Å². The molecule has 1 rings (SSSR count). The van der Waals surface area contributed by atoms with Gasteiger partial charge in [0.1, 0.15) is 13.2 Å². The van der Waals surface area contributed by atoms with Crippen molar-refractivity contribution < 1.29 is 71.8 Å². The highest BCUT2D eigenvalue weighted by atomic mass is 32.2. The second-order valence-electron chi connectivity index (χ2n) is 29.9. The summed E-state index contributed by atoms with van der Waals surface area (Å²) in [6.45, 7) is 25.1. The summed E-state index contributed by atoms with van der Waals surface area (Å²) in [5.41, 5.74) is -2.69. The summed E-state index contributed by atoms with van der Waals surface area (Å²) in [5, 5.41) is 10.1. The second-order valence-corrected chi connectivity index (χ2v) is 32.0. The van der Waals surface area contributed by atoms with Crippen molar-refractivity contribution in [1.82, 2.24) is 0 Å². The van der Waals surface area contributed by atoms with Crippen molar-refractivity contribution in [2.45, 2.75) is 429 Å². The number of ether oxygens (including phenoxy) is 7. The fraction of sp³-hybridized carbons (Fsp3) is 0.859. The fourth-order valence-electron chi connectivity index (χ4n) is 11.7. The van der Waals surface area contributed by atoms with Crippen LogP contribution in [0.25, 0.3) is 0 Å². The Morgan fingerprint density at radius 2 is 0.716 bits per heavy atom. The molecular formula is C92H190O15S2. The number of aliphatic hydroxyl groups is 1. The molecule has 0 fully saturated rings. The minimum absolute atomic E-state index is 0. The van der Waals surface area contributed by atoms with Crippen LogP contribution in [-0.4, -0.2) is 116 Å². The molecule has 0 aliphatic carbocycles. The number of carbonyl (C=O) groups excluding carboxylic acids is 7. The number of hydrogen-bond acceptors (Lipinski definition) is 17. The Morgan fingerprint density at radius 3 is 1.07 bits per heavy atom. The van der Waals surface area contributed by atoms with Crippen LogP contribution in [0.2, 0.25) is 0 Å². The largest absolute Gasteiger partial charge is 0.469 e. The number of unbranched alkanes of at least 4 members (excludes halogenated alkanes) is 30. The first-order valence-corrected chi connectivity index (χ1v) is 40.5. The first-order valence-electron chi connectivity index (χ1n) is 38.2. The molecule has 660 valence electrons. The lowest BCUT2D eigenvalue weighted by molar-refractivity contribution is -0.186. The molecular weight excluding hydrogens is 1410 g/mol. The summed E-state index contributed by atoms with van der Waals surface area (Å²) in [4.78, 5) is 87.3. The number of benzene rings is 1. The lowest BCUT2D eigenvalue weighted by Gasteiger charge is -2.33. The third kappa shape index (κ3) is 69.4. The number of carbonyl (C=O) groups is 7. The van der Waals surface area contributed by atoms with Crippen molar-refractivity contribution in [2.75, 3.05) is 63.2 Å². The van der Waals surface area contributed by atoms with Crippen molar-refractivity contribution in [2.24, 2.45) is 27.1 Å². The van der Waals surface area contributed by atoms with E-state index in [1.54, 1.807) is 20.8 Å². The molecule has 0 aliphatic rings. The summed E-state index contributed by atoms with van der Waals surface area (Å²) >= 11 is 2.79. The topological polar surface area (TPSA) is 204 Å². The summed E-state index contributed by atoms with van der Waals surface area (Å²) in [5.74, 6) is -1.07. The molecule has 1 aromatic rings. The van der Waals surface area contributed by atoms with E-state index < -0.39 is 57.9 Å². The number of aliphatic hydroxyl groups excluding tert-OH is 1. The lowest BCUT2D eigenvalue weighted by atomic mass is 9.72. The van der Waals surface area contributed by atoms with Gasteiger partial charge in [-0.25, -0.2) is 0 Å². The zero-order valence-electron chi connectivity index (χ0n) is 64.0. The van der Waals surface area contributed by atoms with Crippen molar-refractivity contribution >= 4 is 65.3 Å². The van der Waals surface area contributed by atoms with Gasteiger partial charge >= 0.3 is 41.8 Å². The van der Waals surface area contributed by atoms with Gasteiger partial charge < -0.3 is 38.3 Å². The van der Waals surface area contributed by atoms with Gasteiger partial charge in [-0.1, -0.05) is 340 Å². The van der Waals surface area contributed by atoms with E-state index in [-0.39, 0.29) is 151 Å². The molecule has 0 amide bonds. The minimum atomic E-state index is -1.61. The summed E-state index contributed by atoms with van der Waals surface area (Å²) in [6, 6.07) is 10.2. The summed E-state index contributed by atoms with van der Waals surface area (Å²) in [7, 11) is 1.31. The fourth-order valence-corrected chi connectivity index (χ4v) is 13.7. The lowest BCUT2D eigenvalue weighted by Crippen LogP contribution is -2.39. The maximum absolute atomic E-state index is 12.8. The third-order valence-electron chi connectivity index (χ3n) is 18.3. The zero-order chi connectivity index (χ0) is 72.7. The van der Waals surface area contributed by atoms with Crippen LogP contribution < -0.4 is 0 Å². The Hall–Kier alpha value is -3.83. The van der Waals surface area contributed by atoms with E-state index >= 15 is 0 Å². The van der Waals surface area contributed by atoms with Gasteiger partial charge in [-0.2, -0.15) is 11.8 Å². The normalized spacial score (nSPS) is 11.7. The molecule has 1 aromatic carbocycles. The van der Waals surface area contributed by atoms with Crippen LogP contribution in [0.4, 0.5) is 0 Å². The van der Waals surface area contributed by atoms with Gasteiger partial charge in [0.2, 0.25) is 6.29 Å². The second kappa shape index (κ2) is 82.2. The molecule has 0 aromatic heterocycles. The average molecular weight is 1600 g/mol. The standard InChI is InChI=1S/C41H70O6S.C39H72O9S.12CH4/c1-7-9-10-11-12-13-14-15-16-17-18-19-20-21-22-26-29-46-39(44)41(5,6)34-48-33-37(42)45-30-31-47-38(43)40(3,4)32-35(8-2)36-27-24-23-25-28-36;1-9-11-12-13-14-15-16-17-18-19-20-21-22-23-24-25-27-46-35(43)38(5,6)31-49-28-26-32(40)48-33(41)29-47-34(42)37(3,4)30-39(7,10-2)36(44)45-8;;;;;;;;;;;;/h23-25,27-28,35H,7-22,26,29-34H2,1-6H3;33,41H,9-31H2,1-8H3;12*1H4. The van der Waals surface area contributed by atoms with Crippen LogP contribution in [0.1, 0.15) is 428 Å². The van der Waals surface area contributed by atoms with E-state index in [9.17, 15) is 38.7 Å². The molecule has 15 nitrogen and oxygen atoms in total. The van der Waals surface area contributed by atoms with Crippen LogP contribution in [0.15, 0.2) is 30.3 Å². The number of hydrogen-bond donors (Lipinski definition) is 1. The van der Waals surface area contributed by atoms with Crippen LogP contribution in [0.5, 0.6) is 0 Å². The molecule has 0 saturated carbocycles. The molecule has 0 heterocycles. The molecule has 0 saturated heterocycles. The van der Waals surface area contributed by atoms with Crippen molar-refractivity contribution in [3.8, 4) is 0 Å². The van der Waals surface area contributed by atoms with Crippen molar-refractivity contribution in [3.05, 3.63) is 35.9 Å². The number of esters is 7. The SMILES string of the molecule is C.C.C.C.C.C.C.C.C.C.C.C.CCCCCCCCCCCCCCCCCCOC(=O)C(C)(C)CSCC(=O)OCCOC(=O)C(C)(C)CC(CC)c1ccccc1.CCCCCCCCCCCCCCCCCCOC(=O)C(C)(C)CSCCC(=O)OC(O)COC(=O)C(C)(C)CC(C)(CC)C(=O)OC. The molecule has 0 spiro atoms. The number of thioether (sulfide) groups is 2. The van der Waals surface area contributed by atoms with Gasteiger partial charge in [0, 0.05) is 17.3 Å². The van der Waals surface area contributed by atoms with Crippen molar-refractivity contribution in [1.29, 1.82) is 0 Å². The zero-order valence-corrected chi connectivity index (χ0v) is 65.7. The molecule has 0 bridgehead atoms. The molecule has 0 radical (unpaired) electrons. The maximum atomic E-state index is 12.8. The molecule has 0 aliphatic heterocycles. The number of rotatable bonds is 61. The van der Waals surface area contributed by atoms with Crippen LogP contribution in [-0.2, 0) is 66.7 Å². The van der Waals surface area contributed by atoms with Gasteiger partial charge in [-0.15, -0.1) is 11.8 Å². The van der Waals surface area contributed by atoms with Crippen LogP contribution in [0, 0.1) is 27.1 Å². The Kier molecular flexibility index (Phi) is 101. The highest BCUT2D eigenvalue weighted by Gasteiger charge is 2.43. The van der Waals surface area contributed by atoms with Crippen molar-refractivity contribution in [3.63, 3.8) is 0 Å². The van der Waals surface area contributed by atoms with Gasteiger partial charge in [0.05, 0.1) is 59.6 Å². The first kappa shape index (κ1) is 134. The van der Waals surface area contributed by atoms with Gasteiger partial charge in [-0.05, 0) is 112 Å². The van der Waals surface area contributed by atoms with Gasteiger partial charge in [0.25, 0.3) is 0 Å². The van der Waals surface area contributed by atoms with E-state index in [1.807, 2.05) is 66.7 Å². The Morgan fingerprint density at radius 1 is 0.385 bits per heavy atom. The summed E-state index contributed by atoms with van der Waals surface area (Å²) in [6.07, 6.45) is 42.5. The van der Waals surface area contributed by atoms with E-state index in [2.05, 4.69) is 32.9 Å². The minimum Gasteiger partial charge on any atom is -0.469 e. The average Bonchev–Trinajstić information content (AvgIpc) is 0.823. The maximum Gasteiger partial charge on any atom is 0.316 e. The first-order chi connectivity index (χ1) is 46.2. The molecule has 17 heteroatoms.